The largest absolute Gasteiger partial charge is 0.358 e. The summed E-state index contributed by atoms with van der Waals surface area (Å²) in [6.07, 6.45) is 5.97. The summed E-state index contributed by atoms with van der Waals surface area (Å²) in [7, 11) is 0. The molecule has 0 bridgehead atoms. The van der Waals surface area contributed by atoms with E-state index in [0.717, 1.165) is 63.4 Å². The van der Waals surface area contributed by atoms with Crippen molar-refractivity contribution in [1.82, 2.24) is 0 Å². The highest BCUT2D eigenvalue weighted by Gasteiger charge is 2.46. The molecule has 0 radical (unpaired) electrons. The summed E-state index contributed by atoms with van der Waals surface area (Å²) in [6, 6.07) is 3.98. The van der Waals surface area contributed by atoms with Crippen LogP contribution in [0.2, 0.25) is 0 Å². The minimum absolute atomic E-state index is 0.0596. The lowest BCUT2D eigenvalue weighted by Gasteiger charge is -2.42. The number of benzene rings is 1. The van der Waals surface area contributed by atoms with Crippen LogP contribution in [0.3, 0.4) is 0 Å². The van der Waals surface area contributed by atoms with Gasteiger partial charge in [-0.25, -0.2) is 8.78 Å². The molecule has 1 aromatic rings. The van der Waals surface area contributed by atoms with Crippen LogP contribution in [-0.4, -0.2) is 31.7 Å². The van der Waals surface area contributed by atoms with Crippen LogP contribution in [0.25, 0.3) is 0 Å². The van der Waals surface area contributed by atoms with Gasteiger partial charge in [-0.15, -0.1) is 0 Å². The molecule has 37 heavy (non-hydrogen) atoms. The normalized spacial score (nSPS) is 37.9. The number of ether oxygens (including phenoxy) is 3. The zero-order chi connectivity index (χ0) is 26.0. The molecule has 5 rings (SSSR count). The quantitative estimate of drug-likeness (QED) is 0.350. The van der Waals surface area contributed by atoms with Crippen LogP contribution in [0.4, 0.5) is 17.6 Å². The van der Waals surface area contributed by atoms with Crippen molar-refractivity contribution >= 4 is 0 Å². The molecule has 1 aliphatic heterocycles. The predicted octanol–water partition coefficient (Wildman–Crippen LogP) is 8.22. The van der Waals surface area contributed by atoms with Gasteiger partial charge in [0.1, 0.15) is 0 Å². The van der Waals surface area contributed by atoms with Crippen molar-refractivity contribution in [2.45, 2.75) is 108 Å². The zero-order valence-corrected chi connectivity index (χ0v) is 22.0. The van der Waals surface area contributed by atoms with E-state index in [1.54, 1.807) is 6.07 Å². The molecule has 1 heterocycles. The smallest absolute Gasteiger partial charge is 0.352 e. The van der Waals surface area contributed by atoms with Crippen molar-refractivity contribution in [3.05, 3.63) is 35.4 Å². The molecule has 7 heteroatoms. The molecule has 0 unspecified atom stereocenters. The van der Waals surface area contributed by atoms with Gasteiger partial charge in [0.15, 0.2) is 17.9 Å². The molecule has 0 aromatic heterocycles. The maximum absolute atomic E-state index is 15.1. The van der Waals surface area contributed by atoms with Crippen LogP contribution in [0, 0.1) is 41.2 Å². The van der Waals surface area contributed by atoms with Crippen LogP contribution < -0.4 is 0 Å². The molecule has 0 spiro atoms. The second-order valence-electron chi connectivity index (χ2n) is 12.3. The summed E-state index contributed by atoms with van der Waals surface area (Å²) in [5, 5.41) is 0. The third kappa shape index (κ3) is 6.70. The van der Waals surface area contributed by atoms with Crippen molar-refractivity contribution in [1.29, 1.82) is 0 Å². The van der Waals surface area contributed by atoms with Gasteiger partial charge in [0, 0.05) is 11.8 Å². The van der Waals surface area contributed by atoms with Gasteiger partial charge in [-0.05, 0) is 112 Å². The first-order chi connectivity index (χ1) is 17.8. The van der Waals surface area contributed by atoms with E-state index < -0.39 is 29.8 Å². The van der Waals surface area contributed by atoms with E-state index in [1.165, 1.54) is 6.07 Å². The third-order valence-corrected chi connectivity index (χ3v) is 9.62. The molecular weight excluding hydrogens is 484 g/mol. The third-order valence-electron chi connectivity index (χ3n) is 9.62. The summed E-state index contributed by atoms with van der Waals surface area (Å²) in [5.41, 5.74) is 0.741. The van der Waals surface area contributed by atoms with Crippen molar-refractivity contribution in [3.63, 3.8) is 0 Å². The molecule has 208 valence electrons. The lowest BCUT2D eigenvalue weighted by atomic mass is 9.69. The second kappa shape index (κ2) is 11.9. The fourth-order valence-electron chi connectivity index (χ4n) is 7.30. The highest BCUT2D eigenvalue weighted by Crippen LogP contribution is 2.47. The average Bonchev–Trinajstić information content (AvgIpc) is 2.91. The van der Waals surface area contributed by atoms with Gasteiger partial charge in [0.05, 0.1) is 25.2 Å². The first-order valence-electron chi connectivity index (χ1n) is 14.5. The Morgan fingerprint density at radius 1 is 0.730 bits per heavy atom. The van der Waals surface area contributed by atoms with E-state index >= 15 is 8.78 Å². The van der Waals surface area contributed by atoms with Gasteiger partial charge < -0.3 is 14.2 Å². The van der Waals surface area contributed by atoms with Gasteiger partial charge in [-0.1, -0.05) is 13.0 Å². The Balaban J connectivity index is 1.03. The molecule has 0 atom stereocenters. The fourth-order valence-corrected chi connectivity index (χ4v) is 7.30. The van der Waals surface area contributed by atoms with Gasteiger partial charge in [-0.2, -0.15) is 8.78 Å². The Bertz CT molecular complexity index is 864. The van der Waals surface area contributed by atoms with E-state index in [0.29, 0.717) is 62.2 Å². The van der Waals surface area contributed by atoms with Crippen LogP contribution >= 0.6 is 0 Å². The Hall–Kier alpha value is -1.18. The minimum Gasteiger partial charge on any atom is -0.352 e. The summed E-state index contributed by atoms with van der Waals surface area (Å²) in [4.78, 5) is 0. The number of halogens is 4. The maximum Gasteiger partial charge on any atom is 0.358 e. The fraction of sp³-hybridized carbons (Fsp3) is 0.800. The lowest BCUT2D eigenvalue weighted by molar-refractivity contribution is -0.301. The Morgan fingerprint density at radius 2 is 1.30 bits per heavy atom. The molecule has 3 saturated carbocycles. The van der Waals surface area contributed by atoms with Crippen molar-refractivity contribution in [2.75, 3.05) is 13.2 Å². The van der Waals surface area contributed by atoms with Gasteiger partial charge in [0.2, 0.25) is 0 Å². The Kier molecular flexibility index (Phi) is 8.82. The highest BCUT2D eigenvalue weighted by molar-refractivity contribution is 5.22. The topological polar surface area (TPSA) is 27.7 Å². The molecule has 1 saturated heterocycles. The minimum atomic E-state index is -3.10. The molecule has 4 fully saturated rings. The molecule has 3 nitrogen and oxygen atoms in total. The zero-order valence-electron chi connectivity index (χ0n) is 22.0. The van der Waals surface area contributed by atoms with Crippen molar-refractivity contribution in [3.8, 4) is 0 Å². The van der Waals surface area contributed by atoms with Crippen molar-refractivity contribution in [2.24, 2.45) is 29.6 Å². The van der Waals surface area contributed by atoms with Crippen LogP contribution in [0.1, 0.15) is 95.5 Å². The summed E-state index contributed by atoms with van der Waals surface area (Å²) in [5.74, 6) is -0.270. The Morgan fingerprint density at radius 3 is 1.89 bits per heavy atom. The van der Waals surface area contributed by atoms with Crippen LogP contribution in [-0.2, 0) is 14.2 Å². The number of hydrogen-bond acceptors (Lipinski definition) is 3. The van der Waals surface area contributed by atoms with E-state index in [9.17, 15) is 8.78 Å². The van der Waals surface area contributed by atoms with Gasteiger partial charge in [0.25, 0.3) is 0 Å². The van der Waals surface area contributed by atoms with Gasteiger partial charge in [-0.3, -0.25) is 0 Å². The van der Waals surface area contributed by atoms with Crippen LogP contribution in [0.15, 0.2) is 18.2 Å². The van der Waals surface area contributed by atoms with E-state index in [-0.39, 0.29) is 12.2 Å². The molecule has 0 N–H and O–H groups in total. The molecular formula is C30H42F4O3. The standard InChI is InChI=1S/C30H42F4O3/c1-19-17-35-29(36-18-19)23-4-2-20(3-5-23)21-6-11-25(12-7-21)30(33,34)37-26-13-8-22(9-14-26)24-10-15-27(31)28(32)16-24/h10,15-16,19-23,25-26,29H,2-9,11-14,17-18H2,1H3. The first-order valence-corrected chi connectivity index (χ1v) is 14.5. The molecule has 0 amide bonds. The van der Waals surface area contributed by atoms with Crippen LogP contribution in [0.5, 0.6) is 0 Å². The lowest BCUT2D eigenvalue weighted by Crippen LogP contribution is -2.40. The van der Waals surface area contributed by atoms with E-state index in [2.05, 4.69) is 6.92 Å². The average molecular weight is 527 g/mol. The number of alkyl halides is 2. The summed E-state index contributed by atoms with van der Waals surface area (Å²) >= 11 is 0. The molecule has 1 aromatic carbocycles. The summed E-state index contributed by atoms with van der Waals surface area (Å²) in [6.45, 7) is 3.70. The number of hydrogen-bond donors (Lipinski definition) is 0. The predicted molar refractivity (Wildman–Crippen MR) is 133 cm³/mol. The number of rotatable bonds is 6. The first kappa shape index (κ1) is 27.4. The van der Waals surface area contributed by atoms with E-state index in [1.807, 2.05) is 0 Å². The van der Waals surface area contributed by atoms with E-state index in [4.69, 9.17) is 14.2 Å². The Labute approximate surface area is 218 Å². The SMILES string of the molecule is CC1COC(C2CCC(C3CCC(C(F)(F)OC4CCC(c5ccc(F)c(F)c5)CC4)CC3)CC2)OC1. The summed E-state index contributed by atoms with van der Waals surface area (Å²) < 4.78 is 74.3. The second-order valence-corrected chi connectivity index (χ2v) is 12.3. The molecule has 3 aliphatic carbocycles. The molecule has 4 aliphatic rings. The van der Waals surface area contributed by atoms with Gasteiger partial charge >= 0.3 is 6.11 Å². The van der Waals surface area contributed by atoms with Crippen molar-refractivity contribution < 1.29 is 31.8 Å². The highest BCUT2D eigenvalue weighted by atomic mass is 19.3. The maximum atomic E-state index is 15.1. The monoisotopic (exact) mass is 526 g/mol.